The van der Waals surface area contributed by atoms with Crippen LogP contribution in [0.1, 0.15) is 33.6 Å². The number of halogens is 1. The fourth-order valence-corrected chi connectivity index (χ4v) is 2.63. The lowest BCUT2D eigenvalue weighted by atomic mass is 9.96. The number of carbonyl (C=O) groups is 2. The van der Waals surface area contributed by atoms with Gasteiger partial charge >= 0.3 is 11.8 Å². The quantitative estimate of drug-likeness (QED) is 0.652. The minimum absolute atomic E-state index is 0.165. The summed E-state index contributed by atoms with van der Waals surface area (Å²) in [6.07, 6.45) is 0.494. The van der Waals surface area contributed by atoms with Gasteiger partial charge in [-0.3, -0.25) is 14.9 Å². The Morgan fingerprint density at radius 3 is 2.46 bits per heavy atom. The Balaban J connectivity index is 1.92. The van der Waals surface area contributed by atoms with E-state index in [1.54, 1.807) is 25.7 Å². The fraction of sp³-hybridized carbons (Fsp3) is 0.529. The van der Waals surface area contributed by atoms with Crippen molar-refractivity contribution >= 4 is 23.4 Å². The largest absolute Gasteiger partial charge is 0.444 e. The molecule has 9 heteroatoms. The normalized spacial score (nSPS) is 15.5. The van der Waals surface area contributed by atoms with Crippen LogP contribution in [0.4, 0.5) is 20.6 Å². The number of rotatable bonds is 3. The lowest BCUT2D eigenvalue weighted by molar-refractivity contribution is -0.387. The third-order valence-electron chi connectivity index (χ3n) is 3.93. The summed E-state index contributed by atoms with van der Waals surface area (Å²) in [7, 11) is 0. The monoisotopic (exact) mass is 367 g/mol. The van der Waals surface area contributed by atoms with Crippen molar-refractivity contribution in [3.63, 3.8) is 0 Å². The van der Waals surface area contributed by atoms with Crippen LogP contribution in [0, 0.1) is 21.8 Å². The molecule has 0 bridgehead atoms. The van der Waals surface area contributed by atoms with Gasteiger partial charge in [0.25, 0.3) is 0 Å². The highest BCUT2D eigenvalue weighted by atomic mass is 19.1. The van der Waals surface area contributed by atoms with Crippen LogP contribution >= 0.6 is 0 Å². The molecule has 2 rings (SSSR count). The van der Waals surface area contributed by atoms with Crippen LogP contribution in [0.3, 0.4) is 0 Å². The SMILES string of the molecule is CC(C)(C)OC(=O)N1CCC(C(=O)Nc2ccc(F)c([N+](=O)[O-])c2)CC1. The first-order valence-electron chi connectivity index (χ1n) is 8.29. The molecule has 0 saturated carbocycles. The standard InChI is InChI=1S/C17H22FN3O5/c1-17(2,3)26-16(23)20-8-6-11(7-9-20)15(22)19-12-4-5-13(18)14(10-12)21(24)25/h4-5,10-11H,6-9H2,1-3H3,(H,19,22). The van der Waals surface area contributed by atoms with Crippen LogP contribution in [0.2, 0.25) is 0 Å². The topological polar surface area (TPSA) is 102 Å². The van der Waals surface area contributed by atoms with Gasteiger partial charge in [-0.1, -0.05) is 0 Å². The first-order valence-corrected chi connectivity index (χ1v) is 8.29. The molecule has 26 heavy (non-hydrogen) atoms. The molecule has 0 atom stereocenters. The zero-order chi connectivity index (χ0) is 19.5. The average Bonchev–Trinajstić information content (AvgIpc) is 2.55. The lowest BCUT2D eigenvalue weighted by Crippen LogP contribution is -2.43. The maximum Gasteiger partial charge on any atom is 0.410 e. The second-order valence-electron chi connectivity index (χ2n) is 7.15. The molecule has 8 nitrogen and oxygen atoms in total. The first-order chi connectivity index (χ1) is 12.1. The number of anilines is 1. The summed E-state index contributed by atoms with van der Waals surface area (Å²) in [5, 5.41) is 13.3. The van der Waals surface area contributed by atoms with Crippen LogP contribution < -0.4 is 5.32 Å². The molecule has 0 spiro atoms. The molecule has 1 aromatic carbocycles. The molecule has 1 heterocycles. The van der Waals surface area contributed by atoms with E-state index < -0.39 is 28.1 Å². The number of piperidine rings is 1. The molecule has 1 aliphatic heterocycles. The zero-order valence-electron chi connectivity index (χ0n) is 15.0. The second kappa shape index (κ2) is 7.67. The number of hydrogen-bond donors (Lipinski definition) is 1. The highest BCUT2D eigenvalue weighted by Gasteiger charge is 2.30. The summed E-state index contributed by atoms with van der Waals surface area (Å²) in [6.45, 7) is 6.13. The van der Waals surface area contributed by atoms with E-state index in [9.17, 15) is 24.1 Å². The van der Waals surface area contributed by atoms with Crippen molar-refractivity contribution < 1.29 is 23.6 Å². The predicted octanol–water partition coefficient (Wildman–Crippen LogP) is 3.32. The Hall–Kier alpha value is -2.71. The van der Waals surface area contributed by atoms with Crippen LogP contribution in [0.15, 0.2) is 18.2 Å². The second-order valence-corrected chi connectivity index (χ2v) is 7.15. The number of nitro benzene ring substituents is 1. The Morgan fingerprint density at radius 1 is 1.31 bits per heavy atom. The number of carbonyl (C=O) groups excluding carboxylic acids is 2. The predicted molar refractivity (Wildman–Crippen MR) is 92.2 cm³/mol. The van der Waals surface area contributed by atoms with Crippen LogP contribution in [0.5, 0.6) is 0 Å². The molecule has 2 amide bonds. The van der Waals surface area contributed by atoms with Crippen molar-refractivity contribution in [2.24, 2.45) is 5.92 Å². The van der Waals surface area contributed by atoms with Gasteiger partial charge in [0.05, 0.1) is 4.92 Å². The summed E-state index contributed by atoms with van der Waals surface area (Å²) in [5.41, 5.74) is -1.11. The van der Waals surface area contributed by atoms with E-state index in [1.807, 2.05) is 0 Å². The van der Waals surface area contributed by atoms with Gasteiger partial charge in [0, 0.05) is 30.8 Å². The Bertz CT molecular complexity index is 709. The maximum atomic E-state index is 13.3. The van der Waals surface area contributed by atoms with E-state index in [0.29, 0.717) is 25.9 Å². The summed E-state index contributed by atoms with van der Waals surface area (Å²) in [5.74, 6) is -1.61. The number of ether oxygens (including phenoxy) is 1. The Labute approximate surface area is 150 Å². The summed E-state index contributed by atoms with van der Waals surface area (Å²) >= 11 is 0. The molecule has 0 unspecified atom stereocenters. The van der Waals surface area contributed by atoms with Crippen molar-refractivity contribution in [3.8, 4) is 0 Å². The number of hydrogen-bond acceptors (Lipinski definition) is 5. The number of benzene rings is 1. The van der Waals surface area contributed by atoms with Gasteiger partial charge < -0.3 is 15.0 Å². The number of nitro groups is 1. The molecule has 0 radical (unpaired) electrons. The van der Waals surface area contributed by atoms with Gasteiger partial charge in [-0.2, -0.15) is 4.39 Å². The molecular weight excluding hydrogens is 345 g/mol. The molecule has 1 fully saturated rings. The summed E-state index contributed by atoms with van der Waals surface area (Å²) in [4.78, 5) is 35.8. The Kier molecular flexibility index (Phi) is 5.79. The van der Waals surface area contributed by atoms with Crippen LogP contribution in [-0.4, -0.2) is 40.5 Å². The van der Waals surface area contributed by atoms with E-state index in [4.69, 9.17) is 4.74 Å². The average molecular weight is 367 g/mol. The van der Waals surface area contributed by atoms with Crippen molar-refractivity contribution in [3.05, 3.63) is 34.1 Å². The third-order valence-corrected chi connectivity index (χ3v) is 3.93. The fourth-order valence-electron chi connectivity index (χ4n) is 2.63. The highest BCUT2D eigenvalue weighted by Crippen LogP contribution is 2.24. The molecule has 0 aromatic heterocycles. The molecule has 1 aliphatic rings. The van der Waals surface area contributed by atoms with Crippen molar-refractivity contribution in [2.75, 3.05) is 18.4 Å². The molecule has 0 aliphatic carbocycles. The summed E-state index contributed by atoms with van der Waals surface area (Å²) < 4.78 is 18.6. The van der Waals surface area contributed by atoms with Gasteiger partial charge in [0.2, 0.25) is 11.7 Å². The van der Waals surface area contributed by atoms with Crippen LogP contribution in [0.25, 0.3) is 0 Å². The van der Waals surface area contributed by atoms with Crippen molar-refractivity contribution in [1.29, 1.82) is 0 Å². The van der Waals surface area contributed by atoms with Gasteiger partial charge in [-0.25, -0.2) is 4.79 Å². The smallest absolute Gasteiger partial charge is 0.410 e. The third kappa shape index (κ3) is 5.14. The molecule has 1 saturated heterocycles. The van der Waals surface area contributed by atoms with Gasteiger partial charge in [0.15, 0.2) is 0 Å². The number of nitrogens with zero attached hydrogens (tertiary/aromatic N) is 2. The number of likely N-dealkylation sites (tertiary alicyclic amines) is 1. The molecule has 1 aromatic rings. The number of amides is 2. The van der Waals surface area contributed by atoms with Gasteiger partial charge in [-0.05, 0) is 45.7 Å². The highest BCUT2D eigenvalue weighted by molar-refractivity contribution is 5.93. The van der Waals surface area contributed by atoms with E-state index in [-0.39, 0.29) is 17.5 Å². The van der Waals surface area contributed by atoms with Crippen LogP contribution in [-0.2, 0) is 9.53 Å². The minimum Gasteiger partial charge on any atom is -0.444 e. The van der Waals surface area contributed by atoms with Crippen molar-refractivity contribution in [2.45, 2.75) is 39.2 Å². The van der Waals surface area contributed by atoms with E-state index in [2.05, 4.69) is 5.32 Å². The van der Waals surface area contributed by atoms with E-state index in [1.165, 1.54) is 6.07 Å². The number of nitrogens with one attached hydrogen (secondary N) is 1. The van der Waals surface area contributed by atoms with E-state index >= 15 is 0 Å². The molecule has 142 valence electrons. The minimum atomic E-state index is -0.960. The lowest BCUT2D eigenvalue weighted by Gasteiger charge is -2.32. The first kappa shape index (κ1) is 19.6. The molecule has 1 N–H and O–H groups in total. The van der Waals surface area contributed by atoms with Gasteiger partial charge in [0.1, 0.15) is 5.60 Å². The maximum absolute atomic E-state index is 13.3. The molecular formula is C17H22FN3O5. The van der Waals surface area contributed by atoms with Crippen molar-refractivity contribution in [1.82, 2.24) is 4.90 Å². The zero-order valence-corrected chi connectivity index (χ0v) is 15.0. The van der Waals surface area contributed by atoms with Gasteiger partial charge in [-0.15, -0.1) is 0 Å². The Morgan fingerprint density at radius 2 is 1.92 bits per heavy atom. The summed E-state index contributed by atoms with van der Waals surface area (Å²) in [6, 6.07) is 3.21. The van der Waals surface area contributed by atoms with E-state index in [0.717, 1.165) is 12.1 Å².